The van der Waals surface area contributed by atoms with Gasteiger partial charge in [0.1, 0.15) is 0 Å². The summed E-state index contributed by atoms with van der Waals surface area (Å²) in [5, 5.41) is 2.60. The Morgan fingerprint density at radius 2 is 1.37 bits per heavy atom. The van der Waals surface area contributed by atoms with E-state index >= 15 is 0 Å². The van der Waals surface area contributed by atoms with Gasteiger partial charge >= 0.3 is 0 Å². The summed E-state index contributed by atoms with van der Waals surface area (Å²) < 4.78 is 2.45. The van der Waals surface area contributed by atoms with Gasteiger partial charge in [-0.25, -0.2) is 0 Å². The van der Waals surface area contributed by atoms with Crippen molar-refractivity contribution in [1.29, 1.82) is 0 Å². The van der Waals surface area contributed by atoms with Crippen molar-refractivity contribution in [3.05, 3.63) is 48.0 Å². The van der Waals surface area contributed by atoms with Gasteiger partial charge in [0, 0.05) is 28.4 Å². The fourth-order valence-electron chi connectivity index (χ4n) is 4.21. The Bertz CT molecular complexity index is 894. The van der Waals surface area contributed by atoms with Crippen LogP contribution in [-0.4, -0.2) is 4.57 Å². The van der Waals surface area contributed by atoms with E-state index in [2.05, 4.69) is 59.9 Å². The first-order chi connectivity index (χ1) is 13.4. The van der Waals surface area contributed by atoms with Crippen molar-refractivity contribution >= 4 is 21.8 Å². The van der Waals surface area contributed by atoms with E-state index < -0.39 is 0 Å². The molecule has 1 nitrogen and oxygen atoms in total. The Morgan fingerprint density at radius 1 is 0.741 bits per heavy atom. The number of hydrogen-bond donors (Lipinski definition) is 0. The fourth-order valence-corrected chi connectivity index (χ4v) is 4.21. The van der Waals surface area contributed by atoms with Gasteiger partial charge in [-0.15, -0.1) is 6.42 Å². The van der Waals surface area contributed by atoms with E-state index in [0.717, 1.165) is 12.1 Å². The molecule has 1 aromatic heterocycles. The number of aryl methyl sites for hydroxylation is 1. The van der Waals surface area contributed by atoms with Crippen molar-refractivity contribution in [2.24, 2.45) is 0 Å². The van der Waals surface area contributed by atoms with Crippen LogP contribution in [0.15, 0.2) is 42.5 Å². The predicted molar refractivity (Wildman–Crippen MR) is 119 cm³/mol. The summed E-state index contributed by atoms with van der Waals surface area (Å²) >= 11 is 0. The molecular formula is C26H33N. The third kappa shape index (κ3) is 4.75. The predicted octanol–water partition coefficient (Wildman–Crippen LogP) is 7.70. The van der Waals surface area contributed by atoms with Gasteiger partial charge < -0.3 is 4.57 Å². The van der Waals surface area contributed by atoms with Crippen LogP contribution in [0.3, 0.4) is 0 Å². The molecule has 3 rings (SSSR count). The molecule has 0 radical (unpaired) electrons. The summed E-state index contributed by atoms with van der Waals surface area (Å²) in [5.41, 5.74) is 3.55. The van der Waals surface area contributed by atoms with Crippen molar-refractivity contribution in [1.82, 2.24) is 4.57 Å². The van der Waals surface area contributed by atoms with Crippen LogP contribution >= 0.6 is 0 Å². The number of rotatable bonds is 11. The lowest BCUT2D eigenvalue weighted by atomic mass is 10.1. The largest absolute Gasteiger partial charge is 0.339 e. The molecule has 0 atom stereocenters. The summed E-state index contributed by atoms with van der Waals surface area (Å²) in [6, 6.07) is 15.0. The van der Waals surface area contributed by atoms with E-state index in [1.807, 2.05) is 0 Å². The van der Waals surface area contributed by atoms with Crippen molar-refractivity contribution in [3.63, 3.8) is 0 Å². The highest BCUT2D eigenvalue weighted by atomic mass is 15.0. The van der Waals surface area contributed by atoms with Crippen molar-refractivity contribution < 1.29 is 0 Å². The SMILES string of the molecule is C#Cc1cccc2c3ccccc3n(CCCCCCCCCCCC)c12. The maximum Gasteiger partial charge on any atom is 0.0650 e. The van der Waals surface area contributed by atoms with E-state index in [9.17, 15) is 0 Å². The Hall–Kier alpha value is -2.20. The van der Waals surface area contributed by atoms with Gasteiger partial charge in [-0.2, -0.15) is 0 Å². The molecule has 0 aliphatic rings. The minimum Gasteiger partial charge on any atom is -0.339 e. The summed E-state index contributed by atoms with van der Waals surface area (Å²) in [7, 11) is 0. The van der Waals surface area contributed by atoms with Crippen LogP contribution in [-0.2, 0) is 6.54 Å². The molecule has 142 valence electrons. The second kappa shape index (κ2) is 10.2. The number of nitrogens with zero attached hydrogens (tertiary/aromatic N) is 1. The van der Waals surface area contributed by atoms with Crippen LogP contribution in [0.1, 0.15) is 76.7 Å². The quantitative estimate of drug-likeness (QED) is 0.244. The molecule has 0 amide bonds. The van der Waals surface area contributed by atoms with Gasteiger partial charge in [0.05, 0.1) is 5.52 Å². The normalized spacial score (nSPS) is 11.3. The summed E-state index contributed by atoms with van der Waals surface area (Å²) in [5.74, 6) is 2.89. The van der Waals surface area contributed by atoms with Crippen molar-refractivity contribution in [2.45, 2.75) is 77.7 Å². The van der Waals surface area contributed by atoms with Gasteiger partial charge in [-0.1, -0.05) is 101 Å². The highest BCUT2D eigenvalue weighted by molar-refractivity contribution is 6.09. The van der Waals surface area contributed by atoms with Crippen LogP contribution < -0.4 is 0 Å². The van der Waals surface area contributed by atoms with E-state index in [1.165, 1.54) is 86.0 Å². The van der Waals surface area contributed by atoms with Crippen molar-refractivity contribution in [3.8, 4) is 12.3 Å². The van der Waals surface area contributed by atoms with Gasteiger partial charge in [-0.3, -0.25) is 0 Å². The molecule has 0 unspecified atom stereocenters. The first kappa shape index (κ1) is 19.6. The topological polar surface area (TPSA) is 4.93 Å². The molecule has 3 aromatic rings. The average molecular weight is 360 g/mol. The second-order valence-electron chi connectivity index (χ2n) is 7.70. The highest BCUT2D eigenvalue weighted by Gasteiger charge is 2.12. The molecule has 0 aliphatic heterocycles. The van der Waals surface area contributed by atoms with Crippen LogP contribution in [0.5, 0.6) is 0 Å². The van der Waals surface area contributed by atoms with Crippen LogP contribution in [0.4, 0.5) is 0 Å². The molecule has 0 aliphatic carbocycles. The maximum absolute atomic E-state index is 5.80. The molecule has 0 N–H and O–H groups in total. The van der Waals surface area contributed by atoms with Gasteiger partial charge in [-0.05, 0) is 18.6 Å². The molecule has 2 aromatic carbocycles. The zero-order valence-corrected chi connectivity index (χ0v) is 16.8. The summed E-state index contributed by atoms with van der Waals surface area (Å²) in [6.07, 6.45) is 19.5. The molecule has 0 spiro atoms. The Balaban J connectivity index is 1.58. The molecule has 1 heteroatoms. The zero-order chi connectivity index (χ0) is 18.9. The number of benzene rings is 2. The highest BCUT2D eigenvalue weighted by Crippen LogP contribution is 2.31. The monoisotopic (exact) mass is 359 g/mol. The fraction of sp³-hybridized carbons (Fsp3) is 0.462. The number of hydrogen-bond acceptors (Lipinski definition) is 0. The standard InChI is InChI=1S/C26H33N/c1-3-5-6-7-8-9-10-11-12-15-21-27-25-20-14-13-18-23(25)24-19-16-17-22(4-2)26(24)27/h2,13-14,16-20H,3,5-12,15,21H2,1H3. The third-order valence-electron chi connectivity index (χ3n) is 5.68. The first-order valence-corrected chi connectivity index (χ1v) is 10.8. The smallest absolute Gasteiger partial charge is 0.0650 e. The molecule has 1 heterocycles. The number of para-hydroxylation sites is 2. The van der Waals surface area contributed by atoms with E-state index in [4.69, 9.17) is 6.42 Å². The number of fused-ring (bicyclic) bond motifs is 3. The van der Waals surface area contributed by atoms with E-state index in [0.29, 0.717) is 0 Å². The Kier molecular flexibility index (Phi) is 7.40. The molecule has 0 saturated heterocycles. The lowest BCUT2D eigenvalue weighted by Gasteiger charge is -2.09. The third-order valence-corrected chi connectivity index (χ3v) is 5.68. The molecular weight excluding hydrogens is 326 g/mol. The van der Waals surface area contributed by atoms with E-state index in [-0.39, 0.29) is 0 Å². The number of aromatic nitrogens is 1. The van der Waals surface area contributed by atoms with Crippen LogP contribution in [0.25, 0.3) is 21.8 Å². The van der Waals surface area contributed by atoms with Crippen molar-refractivity contribution in [2.75, 3.05) is 0 Å². The first-order valence-electron chi connectivity index (χ1n) is 10.8. The molecule has 27 heavy (non-hydrogen) atoms. The Labute approximate surface area is 164 Å². The average Bonchev–Trinajstić information content (AvgIpc) is 3.03. The van der Waals surface area contributed by atoms with Crippen LogP contribution in [0, 0.1) is 12.3 Å². The van der Waals surface area contributed by atoms with Gasteiger partial charge in [0.15, 0.2) is 0 Å². The summed E-state index contributed by atoms with van der Waals surface area (Å²) in [4.78, 5) is 0. The molecule has 0 fully saturated rings. The number of terminal acetylenes is 1. The number of unbranched alkanes of at least 4 members (excludes halogenated alkanes) is 9. The minimum atomic E-state index is 1.01. The van der Waals surface area contributed by atoms with Crippen LogP contribution in [0.2, 0.25) is 0 Å². The minimum absolute atomic E-state index is 1.01. The maximum atomic E-state index is 5.80. The van der Waals surface area contributed by atoms with E-state index in [1.54, 1.807) is 0 Å². The zero-order valence-electron chi connectivity index (χ0n) is 16.8. The molecule has 0 bridgehead atoms. The van der Waals surface area contributed by atoms with Gasteiger partial charge in [0.25, 0.3) is 0 Å². The lowest BCUT2D eigenvalue weighted by Crippen LogP contribution is -1.99. The summed E-state index contributed by atoms with van der Waals surface area (Å²) in [6.45, 7) is 3.34. The van der Waals surface area contributed by atoms with Gasteiger partial charge in [0.2, 0.25) is 0 Å². The molecule has 0 saturated carbocycles. The second-order valence-corrected chi connectivity index (χ2v) is 7.70. The Morgan fingerprint density at radius 3 is 2.07 bits per heavy atom. The lowest BCUT2D eigenvalue weighted by molar-refractivity contribution is 0.541.